The summed E-state index contributed by atoms with van der Waals surface area (Å²) in [6.07, 6.45) is 0. The molecule has 2 aromatic heterocycles. The minimum absolute atomic E-state index is 0.249. The van der Waals surface area contributed by atoms with E-state index in [1.807, 2.05) is 0 Å². The van der Waals surface area contributed by atoms with Gasteiger partial charge in [0, 0.05) is 0 Å². The fraction of sp³-hybridized carbons (Fsp3) is 0.0909. The van der Waals surface area contributed by atoms with Crippen LogP contribution in [0.15, 0.2) is 37.6 Å². The Balaban J connectivity index is 2.00. The van der Waals surface area contributed by atoms with Crippen molar-refractivity contribution in [2.45, 2.75) is 5.09 Å². The first kappa shape index (κ1) is 16.7. The van der Waals surface area contributed by atoms with Gasteiger partial charge in [0.15, 0.2) is 5.76 Å². The molecule has 0 unspecified atom stereocenters. The number of halogens is 1. The van der Waals surface area contributed by atoms with Crippen LogP contribution in [0.25, 0.3) is 0 Å². The second-order valence-electron chi connectivity index (χ2n) is 3.84. The van der Waals surface area contributed by atoms with Gasteiger partial charge in [-0.1, -0.05) is 0 Å². The average Bonchev–Trinajstić information content (AvgIpc) is 3.13. The molecule has 118 valence electrons. The van der Waals surface area contributed by atoms with Crippen LogP contribution in [0.3, 0.4) is 0 Å². The fourth-order valence-corrected chi connectivity index (χ4v) is 3.29. The summed E-state index contributed by atoms with van der Waals surface area (Å²) < 4.78 is 30.7. The number of thiophene rings is 1. The lowest BCUT2D eigenvalue weighted by molar-refractivity contribution is 0.0829. The topological polar surface area (TPSA) is 118 Å². The summed E-state index contributed by atoms with van der Waals surface area (Å²) in [5, 5.41) is -0.395. The Morgan fingerprint density at radius 1 is 1.14 bits per heavy atom. The predicted molar refractivity (Wildman–Crippen MR) is 81.9 cm³/mol. The van der Waals surface area contributed by atoms with E-state index in [1.54, 1.807) is 12.1 Å². The van der Waals surface area contributed by atoms with E-state index in [0.29, 0.717) is 4.88 Å². The number of carbonyl (C=O) groups is 2. The summed E-state index contributed by atoms with van der Waals surface area (Å²) in [6.45, 7) is 0. The molecule has 0 aromatic carbocycles. The quantitative estimate of drug-likeness (QED) is 0.655. The Labute approximate surface area is 138 Å². The fourth-order valence-electron chi connectivity index (χ4n) is 1.36. The Hall–Kier alpha value is -1.69. The number of hydrazine groups is 1. The molecule has 0 aliphatic rings. The highest BCUT2D eigenvalue weighted by molar-refractivity contribution is 9.11. The van der Waals surface area contributed by atoms with Gasteiger partial charge in [0.05, 0.1) is 8.66 Å². The number of amides is 2. The number of carbonyl (C=O) groups excluding carboxylic acids is 2. The molecule has 2 aromatic rings. The van der Waals surface area contributed by atoms with E-state index in [1.165, 1.54) is 24.5 Å². The monoisotopic (exact) mass is 407 g/mol. The highest BCUT2D eigenvalue weighted by Crippen LogP contribution is 2.21. The van der Waals surface area contributed by atoms with Crippen LogP contribution in [-0.2, 0) is 10.0 Å². The Kier molecular flexibility index (Phi) is 5.01. The van der Waals surface area contributed by atoms with Gasteiger partial charge in [0.2, 0.25) is 5.09 Å². The molecule has 2 heterocycles. The third-order valence-corrected chi connectivity index (χ3v) is 5.33. The van der Waals surface area contributed by atoms with Gasteiger partial charge < -0.3 is 4.42 Å². The van der Waals surface area contributed by atoms with Gasteiger partial charge in [-0.15, -0.1) is 11.3 Å². The van der Waals surface area contributed by atoms with Gasteiger partial charge >= 0.3 is 5.91 Å². The summed E-state index contributed by atoms with van der Waals surface area (Å²) in [5.41, 5.74) is 4.33. The summed E-state index contributed by atoms with van der Waals surface area (Å²) in [4.78, 5) is 23.9. The maximum atomic E-state index is 11.8. The lowest BCUT2D eigenvalue weighted by atomic mass is 10.4. The number of sulfonamides is 1. The van der Waals surface area contributed by atoms with Gasteiger partial charge in [-0.2, -0.15) is 0 Å². The standard InChI is InChI=1S/C11H10BrN3O5S2/c1-13-22(18,19)9-5-2-6(20-9)10(16)14-15-11(17)7-3-4-8(12)21-7/h2-5,13H,1H3,(H,14,16)(H,15,17). The number of nitrogens with one attached hydrogen (secondary N) is 3. The molecule has 8 nitrogen and oxygen atoms in total. The largest absolute Gasteiger partial charge is 0.438 e. The average molecular weight is 408 g/mol. The van der Waals surface area contributed by atoms with Crippen LogP contribution >= 0.6 is 27.3 Å². The van der Waals surface area contributed by atoms with Gasteiger partial charge in [-0.3, -0.25) is 20.4 Å². The second kappa shape index (κ2) is 6.60. The predicted octanol–water partition coefficient (Wildman–Crippen LogP) is 1.09. The molecular weight excluding hydrogens is 398 g/mol. The van der Waals surface area contributed by atoms with Crippen LogP contribution in [-0.4, -0.2) is 27.3 Å². The molecule has 2 rings (SSSR count). The summed E-state index contributed by atoms with van der Waals surface area (Å²) in [5.74, 6) is -1.53. The van der Waals surface area contributed by atoms with Crippen LogP contribution in [0.4, 0.5) is 0 Å². The van der Waals surface area contributed by atoms with Crippen molar-refractivity contribution in [2.24, 2.45) is 0 Å². The normalized spacial score (nSPS) is 11.2. The minimum atomic E-state index is -3.77. The Morgan fingerprint density at radius 3 is 2.41 bits per heavy atom. The first-order valence-corrected chi connectivity index (χ1v) is 8.82. The second-order valence-corrected chi connectivity index (χ2v) is 8.12. The summed E-state index contributed by atoms with van der Waals surface area (Å²) in [7, 11) is -2.55. The van der Waals surface area contributed by atoms with E-state index in [9.17, 15) is 18.0 Å². The van der Waals surface area contributed by atoms with Crippen molar-refractivity contribution in [3.63, 3.8) is 0 Å². The van der Waals surface area contributed by atoms with E-state index < -0.39 is 26.9 Å². The molecule has 0 radical (unpaired) electrons. The number of furan rings is 1. The molecule has 0 saturated carbocycles. The number of hydrogen-bond donors (Lipinski definition) is 3. The van der Waals surface area contributed by atoms with Crippen LogP contribution in [0, 0.1) is 0 Å². The van der Waals surface area contributed by atoms with E-state index in [2.05, 4.69) is 31.5 Å². The molecule has 0 saturated heterocycles. The van der Waals surface area contributed by atoms with Gasteiger partial charge in [0.25, 0.3) is 15.9 Å². The van der Waals surface area contributed by atoms with Crippen LogP contribution < -0.4 is 15.6 Å². The third kappa shape index (κ3) is 3.74. The maximum Gasteiger partial charge on any atom is 0.305 e. The Morgan fingerprint density at radius 2 is 1.82 bits per heavy atom. The van der Waals surface area contributed by atoms with Gasteiger partial charge in [0.1, 0.15) is 0 Å². The molecule has 0 aliphatic carbocycles. The van der Waals surface area contributed by atoms with Gasteiger partial charge in [-0.05, 0) is 47.2 Å². The molecule has 0 aliphatic heterocycles. The van der Waals surface area contributed by atoms with Crippen molar-refractivity contribution in [3.8, 4) is 0 Å². The third-order valence-electron chi connectivity index (χ3n) is 2.43. The minimum Gasteiger partial charge on any atom is -0.438 e. The van der Waals surface area contributed by atoms with E-state index in [-0.39, 0.29) is 5.76 Å². The van der Waals surface area contributed by atoms with E-state index in [0.717, 1.165) is 9.85 Å². The molecule has 22 heavy (non-hydrogen) atoms. The molecule has 0 spiro atoms. The van der Waals surface area contributed by atoms with Crippen LogP contribution in [0.5, 0.6) is 0 Å². The molecular formula is C11H10BrN3O5S2. The molecule has 0 atom stereocenters. The number of hydrogen-bond acceptors (Lipinski definition) is 6. The first-order chi connectivity index (χ1) is 10.3. The molecule has 3 N–H and O–H groups in total. The zero-order chi connectivity index (χ0) is 16.3. The lowest BCUT2D eigenvalue weighted by Crippen LogP contribution is -2.41. The van der Waals surface area contributed by atoms with Crippen molar-refractivity contribution >= 4 is 49.1 Å². The van der Waals surface area contributed by atoms with Crippen molar-refractivity contribution in [1.82, 2.24) is 15.6 Å². The smallest absolute Gasteiger partial charge is 0.305 e. The lowest BCUT2D eigenvalue weighted by Gasteiger charge is -2.04. The zero-order valence-electron chi connectivity index (χ0n) is 11.0. The molecule has 0 fully saturated rings. The zero-order valence-corrected chi connectivity index (χ0v) is 14.3. The van der Waals surface area contributed by atoms with Gasteiger partial charge in [-0.25, -0.2) is 13.1 Å². The van der Waals surface area contributed by atoms with Crippen molar-refractivity contribution in [3.05, 3.63) is 38.7 Å². The highest BCUT2D eigenvalue weighted by Gasteiger charge is 2.20. The van der Waals surface area contributed by atoms with E-state index in [4.69, 9.17) is 4.42 Å². The van der Waals surface area contributed by atoms with E-state index >= 15 is 0 Å². The van der Waals surface area contributed by atoms with Crippen molar-refractivity contribution in [1.29, 1.82) is 0 Å². The van der Waals surface area contributed by atoms with Crippen LogP contribution in [0.2, 0.25) is 0 Å². The van der Waals surface area contributed by atoms with Crippen molar-refractivity contribution < 1.29 is 22.4 Å². The Bertz CT molecular complexity index is 811. The summed E-state index contributed by atoms with van der Waals surface area (Å²) in [6, 6.07) is 5.61. The maximum absolute atomic E-state index is 11.8. The molecule has 2 amide bonds. The molecule has 0 bridgehead atoms. The van der Waals surface area contributed by atoms with Crippen molar-refractivity contribution in [2.75, 3.05) is 7.05 Å². The molecule has 11 heteroatoms. The summed E-state index contributed by atoms with van der Waals surface area (Å²) >= 11 is 4.41. The number of rotatable bonds is 4. The van der Waals surface area contributed by atoms with Crippen LogP contribution in [0.1, 0.15) is 20.2 Å². The SMILES string of the molecule is CNS(=O)(=O)c1ccc(C(=O)NNC(=O)c2ccc(Br)s2)o1. The first-order valence-electron chi connectivity index (χ1n) is 5.73. The highest BCUT2D eigenvalue weighted by atomic mass is 79.9.